The van der Waals surface area contributed by atoms with Gasteiger partial charge in [0.1, 0.15) is 0 Å². The minimum atomic E-state index is -3.40. The van der Waals surface area contributed by atoms with E-state index in [0.29, 0.717) is 0 Å². The molecule has 1 aromatic carbocycles. The molecular formula is C11H15NO5S. The van der Waals surface area contributed by atoms with Gasteiger partial charge in [-0.05, 0) is 12.5 Å². The first-order chi connectivity index (χ1) is 8.29. The van der Waals surface area contributed by atoms with E-state index in [4.69, 9.17) is 0 Å². The molecule has 2 atom stereocenters. The Morgan fingerprint density at radius 2 is 2.06 bits per heavy atom. The molecule has 0 aliphatic rings. The molecule has 7 heteroatoms. The topological polar surface area (TPSA) is 97.5 Å². The van der Waals surface area contributed by atoms with Crippen molar-refractivity contribution in [3.63, 3.8) is 0 Å². The fourth-order valence-corrected chi connectivity index (χ4v) is 2.63. The SMILES string of the molecule is CCS(=O)(=O)[C@H](C)[C@@H](O)c1cccc([N+](=O)[O-])c1. The fourth-order valence-electron chi connectivity index (χ4n) is 1.55. The van der Waals surface area contributed by atoms with Gasteiger partial charge in [0.15, 0.2) is 9.84 Å². The van der Waals surface area contributed by atoms with Crippen LogP contribution in [0.2, 0.25) is 0 Å². The third-order valence-electron chi connectivity index (χ3n) is 2.84. The molecule has 0 radical (unpaired) electrons. The summed E-state index contributed by atoms with van der Waals surface area (Å²) in [5.74, 6) is -0.0832. The third-order valence-corrected chi connectivity index (χ3v) is 5.03. The Balaban J connectivity index is 3.08. The number of aliphatic hydroxyl groups is 1. The van der Waals surface area contributed by atoms with Crippen LogP contribution < -0.4 is 0 Å². The Bertz CT molecular complexity index is 540. The van der Waals surface area contributed by atoms with E-state index < -0.39 is 26.1 Å². The molecule has 1 N–H and O–H groups in total. The van der Waals surface area contributed by atoms with Crippen molar-refractivity contribution in [3.05, 3.63) is 39.9 Å². The van der Waals surface area contributed by atoms with Crippen LogP contribution in [0.5, 0.6) is 0 Å². The van der Waals surface area contributed by atoms with Crippen molar-refractivity contribution in [2.75, 3.05) is 5.75 Å². The van der Waals surface area contributed by atoms with Crippen molar-refractivity contribution in [1.82, 2.24) is 0 Å². The summed E-state index contributed by atoms with van der Waals surface area (Å²) in [4.78, 5) is 10.0. The maximum Gasteiger partial charge on any atom is 0.269 e. The number of nitrogens with zero attached hydrogens (tertiary/aromatic N) is 1. The molecule has 6 nitrogen and oxygen atoms in total. The molecule has 1 aromatic rings. The summed E-state index contributed by atoms with van der Waals surface area (Å²) in [5, 5.41) is 19.6. The van der Waals surface area contributed by atoms with Crippen molar-refractivity contribution in [2.45, 2.75) is 25.2 Å². The standard InChI is InChI=1S/C11H15NO5S/c1-3-18(16,17)8(2)11(13)9-5-4-6-10(7-9)12(14)15/h4-8,11,13H,3H2,1-2H3/t8-,11-/m1/s1. The number of nitro benzene ring substituents is 1. The second-order valence-electron chi connectivity index (χ2n) is 3.95. The molecule has 0 bridgehead atoms. The molecule has 0 aliphatic carbocycles. The Hall–Kier alpha value is -1.47. The molecule has 0 saturated heterocycles. The fraction of sp³-hybridized carbons (Fsp3) is 0.455. The number of hydrogen-bond acceptors (Lipinski definition) is 5. The van der Waals surface area contributed by atoms with E-state index in [0.717, 1.165) is 0 Å². The number of benzene rings is 1. The quantitative estimate of drug-likeness (QED) is 0.646. The van der Waals surface area contributed by atoms with Crippen LogP contribution in [0.15, 0.2) is 24.3 Å². The van der Waals surface area contributed by atoms with E-state index >= 15 is 0 Å². The van der Waals surface area contributed by atoms with E-state index in [1.165, 1.54) is 38.1 Å². The smallest absolute Gasteiger partial charge is 0.269 e. The van der Waals surface area contributed by atoms with Gasteiger partial charge >= 0.3 is 0 Å². The first-order valence-electron chi connectivity index (χ1n) is 5.43. The Kier molecular flexibility index (Phi) is 4.42. The molecule has 100 valence electrons. The molecule has 0 aliphatic heterocycles. The molecule has 0 aromatic heterocycles. The normalized spacial score (nSPS) is 15.1. The summed E-state index contributed by atoms with van der Waals surface area (Å²) in [7, 11) is -3.40. The molecule has 1 rings (SSSR count). The molecule has 0 heterocycles. The highest BCUT2D eigenvalue weighted by molar-refractivity contribution is 7.92. The highest BCUT2D eigenvalue weighted by Crippen LogP contribution is 2.25. The Labute approximate surface area is 105 Å². The first kappa shape index (κ1) is 14.6. The predicted molar refractivity (Wildman–Crippen MR) is 67.0 cm³/mol. The number of hydrogen-bond donors (Lipinski definition) is 1. The van der Waals surface area contributed by atoms with Gasteiger partial charge in [-0.1, -0.05) is 19.1 Å². The zero-order valence-electron chi connectivity index (χ0n) is 10.1. The van der Waals surface area contributed by atoms with Gasteiger partial charge in [-0.25, -0.2) is 8.42 Å². The van der Waals surface area contributed by atoms with Gasteiger partial charge < -0.3 is 5.11 Å². The summed E-state index contributed by atoms with van der Waals surface area (Å²) in [6.45, 7) is 2.88. The van der Waals surface area contributed by atoms with Gasteiger partial charge in [-0.15, -0.1) is 0 Å². The van der Waals surface area contributed by atoms with Crippen molar-refractivity contribution in [3.8, 4) is 0 Å². The van der Waals surface area contributed by atoms with Crippen molar-refractivity contribution in [2.24, 2.45) is 0 Å². The lowest BCUT2D eigenvalue weighted by molar-refractivity contribution is -0.385. The number of non-ortho nitro benzene ring substituents is 1. The highest BCUT2D eigenvalue weighted by Gasteiger charge is 2.28. The molecule has 0 saturated carbocycles. The maximum absolute atomic E-state index is 11.6. The van der Waals surface area contributed by atoms with Crippen LogP contribution in [-0.2, 0) is 9.84 Å². The summed E-state index contributed by atoms with van der Waals surface area (Å²) in [6.07, 6.45) is -1.27. The van der Waals surface area contributed by atoms with Crippen LogP contribution in [0, 0.1) is 10.1 Å². The highest BCUT2D eigenvalue weighted by atomic mass is 32.2. The third kappa shape index (κ3) is 3.05. The number of aliphatic hydroxyl groups excluding tert-OH is 1. The monoisotopic (exact) mass is 273 g/mol. The predicted octanol–water partition coefficient (Wildman–Crippen LogP) is 1.45. The zero-order chi connectivity index (χ0) is 13.9. The number of nitro groups is 1. The number of sulfone groups is 1. The van der Waals surface area contributed by atoms with Crippen molar-refractivity contribution >= 4 is 15.5 Å². The largest absolute Gasteiger partial charge is 0.387 e. The average molecular weight is 273 g/mol. The number of rotatable bonds is 5. The molecule has 0 fully saturated rings. The lowest BCUT2D eigenvalue weighted by Gasteiger charge is -2.18. The van der Waals surface area contributed by atoms with Crippen LogP contribution in [0.25, 0.3) is 0 Å². The second-order valence-corrected chi connectivity index (χ2v) is 6.60. The Morgan fingerprint density at radius 1 is 1.44 bits per heavy atom. The van der Waals surface area contributed by atoms with E-state index in [9.17, 15) is 23.6 Å². The van der Waals surface area contributed by atoms with Crippen molar-refractivity contribution in [1.29, 1.82) is 0 Å². The molecular weight excluding hydrogens is 258 g/mol. The first-order valence-corrected chi connectivity index (χ1v) is 7.15. The van der Waals surface area contributed by atoms with E-state index in [1.54, 1.807) is 0 Å². The van der Waals surface area contributed by atoms with Gasteiger partial charge in [0, 0.05) is 17.9 Å². The van der Waals surface area contributed by atoms with Gasteiger partial charge in [0.2, 0.25) is 0 Å². The van der Waals surface area contributed by atoms with Crippen LogP contribution in [0.4, 0.5) is 5.69 Å². The summed E-state index contributed by atoms with van der Waals surface area (Å²) in [5.41, 5.74) is 0.0568. The average Bonchev–Trinajstić information content (AvgIpc) is 2.37. The molecule has 0 unspecified atom stereocenters. The van der Waals surface area contributed by atoms with Gasteiger partial charge in [-0.3, -0.25) is 10.1 Å². The van der Waals surface area contributed by atoms with Gasteiger partial charge in [-0.2, -0.15) is 0 Å². The van der Waals surface area contributed by atoms with Gasteiger partial charge in [0.25, 0.3) is 5.69 Å². The summed E-state index contributed by atoms with van der Waals surface area (Å²) >= 11 is 0. The van der Waals surface area contributed by atoms with Crippen LogP contribution in [-0.4, -0.2) is 29.5 Å². The van der Waals surface area contributed by atoms with Crippen molar-refractivity contribution < 1.29 is 18.4 Å². The van der Waals surface area contributed by atoms with Gasteiger partial charge in [0.05, 0.1) is 16.3 Å². The van der Waals surface area contributed by atoms with E-state index in [1.807, 2.05) is 0 Å². The van der Waals surface area contributed by atoms with Crippen LogP contribution in [0.3, 0.4) is 0 Å². The Morgan fingerprint density at radius 3 is 2.56 bits per heavy atom. The van der Waals surface area contributed by atoms with E-state index in [-0.39, 0.29) is 17.0 Å². The minimum Gasteiger partial charge on any atom is -0.387 e. The summed E-state index contributed by atoms with van der Waals surface area (Å²) in [6, 6.07) is 5.36. The minimum absolute atomic E-state index is 0.0832. The lowest BCUT2D eigenvalue weighted by atomic mass is 10.1. The molecule has 0 amide bonds. The zero-order valence-corrected chi connectivity index (χ0v) is 10.9. The maximum atomic E-state index is 11.6. The second kappa shape index (κ2) is 5.45. The van der Waals surface area contributed by atoms with E-state index in [2.05, 4.69) is 0 Å². The van der Waals surface area contributed by atoms with Crippen LogP contribution in [0.1, 0.15) is 25.5 Å². The summed E-state index contributed by atoms with van der Waals surface area (Å²) < 4.78 is 23.3. The molecule has 0 spiro atoms. The lowest BCUT2D eigenvalue weighted by Crippen LogP contribution is -2.26. The molecule has 18 heavy (non-hydrogen) atoms. The van der Waals surface area contributed by atoms with Crippen LogP contribution >= 0.6 is 0 Å².